The summed E-state index contributed by atoms with van der Waals surface area (Å²) in [6, 6.07) is 0. The van der Waals surface area contributed by atoms with Crippen molar-refractivity contribution in [1.29, 1.82) is 0 Å². The topological polar surface area (TPSA) is 76.1 Å². The van der Waals surface area contributed by atoms with Crippen LogP contribution in [-0.4, -0.2) is 61.4 Å². The lowest BCUT2D eigenvalue weighted by Crippen LogP contribution is -2.42. The van der Waals surface area contributed by atoms with E-state index in [1.165, 1.54) is 0 Å². The van der Waals surface area contributed by atoms with E-state index >= 15 is 0 Å². The highest BCUT2D eigenvalue weighted by molar-refractivity contribution is 5.82. The van der Waals surface area contributed by atoms with Gasteiger partial charge in [-0.25, -0.2) is 0 Å². The van der Waals surface area contributed by atoms with E-state index in [0.29, 0.717) is 26.3 Å². The Hall–Kier alpha value is -1.14. The first-order valence-corrected chi connectivity index (χ1v) is 6.96. The number of hydrogen-bond donors (Lipinski definition) is 1. The van der Waals surface area contributed by atoms with Gasteiger partial charge in [-0.15, -0.1) is 0 Å². The van der Waals surface area contributed by atoms with Crippen LogP contribution in [0.2, 0.25) is 0 Å². The number of hydrogen-bond acceptors (Lipinski definition) is 5. The molecule has 6 nitrogen and oxygen atoms in total. The molecular formula is C14H27NO5. The van der Waals surface area contributed by atoms with E-state index in [1.54, 1.807) is 11.8 Å². The number of rotatable bonds is 9. The maximum Gasteiger partial charge on any atom is 0.307 e. The summed E-state index contributed by atoms with van der Waals surface area (Å²) in [5.74, 6) is -0.343. The summed E-state index contributed by atoms with van der Waals surface area (Å²) < 4.78 is 10.0. The Morgan fingerprint density at radius 2 is 1.80 bits per heavy atom. The lowest BCUT2D eigenvalue weighted by Gasteiger charge is -2.29. The van der Waals surface area contributed by atoms with Crippen LogP contribution in [0, 0.1) is 5.41 Å². The number of esters is 1. The average Bonchev–Trinajstić information content (AvgIpc) is 2.36. The Morgan fingerprint density at radius 1 is 1.15 bits per heavy atom. The van der Waals surface area contributed by atoms with E-state index < -0.39 is 5.41 Å². The predicted octanol–water partition coefficient (Wildman–Crippen LogP) is 0.823. The minimum atomic E-state index is -0.508. The molecule has 1 N–H and O–H groups in total. The minimum Gasteiger partial charge on any atom is -0.466 e. The largest absolute Gasteiger partial charge is 0.466 e. The molecule has 0 saturated carbocycles. The predicted molar refractivity (Wildman–Crippen MR) is 75.2 cm³/mol. The van der Waals surface area contributed by atoms with Crippen LogP contribution < -0.4 is 0 Å². The molecule has 0 bridgehead atoms. The fourth-order valence-electron chi connectivity index (χ4n) is 1.59. The molecule has 0 aromatic heterocycles. The quantitative estimate of drug-likeness (QED) is 0.502. The van der Waals surface area contributed by atoms with Crippen LogP contribution in [0.3, 0.4) is 0 Å². The van der Waals surface area contributed by atoms with Gasteiger partial charge < -0.3 is 19.5 Å². The Bertz CT molecular complexity index is 298. The highest BCUT2D eigenvalue weighted by Gasteiger charge is 2.27. The second kappa shape index (κ2) is 9.72. The van der Waals surface area contributed by atoms with Crippen LogP contribution in [0.15, 0.2) is 0 Å². The Balaban J connectivity index is 4.39. The zero-order chi connectivity index (χ0) is 15.6. The maximum absolute atomic E-state index is 12.3. The summed E-state index contributed by atoms with van der Waals surface area (Å²) in [6.45, 7) is 8.85. The molecule has 0 fully saturated rings. The Kier molecular flexibility index (Phi) is 9.16. The molecule has 0 atom stereocenters. The van der Waals surface area contributed by atoms with Crippen LogP contribution in [0.5, 0.6) is 0 Å². The third kappa shape index (κ3) is 8.12. The molecule has 0 radical (unpaired) electrons. The summed E-state index contributed by atoms with van der Waals surface area (Å²) in [5.41, 5.74) is -0.508. The molecule has 0 unspecified atom stereocenters. The van der Waals surface area contributed by atoms with Gasteiger partial charge in [0.15, 0.2) is 0 Å². The van der Waals surface area contributed by atoms with Gasteiger partial charge >= 0.3 is 5.97 Å². The molecule has 0 aliphatic heterocycles. The monoisotopic (exact) mass is 289 g/mol. The molecule has 0 aliphatic rings. The number of nitrogens with zero attached hydrogens (tertiary/aromatic N) is 1. The standard InChI is InChI=1S/C14H27NO5/c1-5-20-12(17)6-7-15(8-10-19-11-9-16)13(18)14(2,3)4/h16H,5-11H2,1-4H3. The van der Waals surface area contributed by atoms with Crippen molar-refractivity contribution in [2.24, 2.45) is 5.41 Å². The van der Waals surface area contributed by atoms with Gasteiger partial charge in [0, 0.05) is 18.5 Å². The molecule has 0 aromatic carbocycles. The molecule has 20 heavy (non-hydrogen) atoms. The van der Waals surface area contributed by atoms with Crippen molar-refractivity contribution in [3.8, 4) is 0 Å². The maximum atomic E-state index is 12.3. The first-order chi connectivity index (χ1) is 9.32. The van der Waals surface area contributed by atoms with E-state index in [2.05, 4.69) is 0 Å². The summed E-state index contributed by atoms with van der Waals surface area (Å²) >= 11 is 0. The summed E-state index contributed by atoms with van der Waals surface area (Å²) in [5, 5.41) is 8.64. The van der Waals surface area contributed by atoms with Gasteiger partial charge in [0.25, 0.3) is 0 Å². The molecular weight excluding hydrogens is 262 g/mol. The van der Waals surface area contributed by atoms with Crippen molar-refractivity contribution in [2.45, 2.75) is 34.1 Å². The fraction of sp³-hybridized carbons (Fsp3) is 0.857. The molecule has 0 saturated heterocycles. The van der Waals surface area contributed by atoms with Crippen molar-refractivity contribution in [2.75, 3.05) is 39.5 Å². The van der Waals surface area contributed by atoms with Crippen LogP contribution in [0.1, 0.15) is 34.1 Å². The first kappa shape index (κ1) is 18.9. The molecule has 0 rings (SSSR count). The third-order valence-corrected chi connectivity index (χ3v) is 2.56. The van der Waals surface area contributed by atoms with Crippen molar-refractivity contribution < 1.29 is 24.2 Å². The Morgan fingerprint density at radius 3 is 2.30 bits per heavy atom. The molecule has 0 aliphatic carbocycles. The van der Waals surface area contributed by atoms with Crippen LogP contribution >= 0.6 is 0 Å². The van der Waals surface area contributed by atoms with Gasteiger partial charge in [-0.05, 0) is 6.92 Å². The lowest BCUT2D eigenvalue weighted by molar-refractivity contribution is -0.145. The van der Waals surface area contributed by atoms with Crippen molar-refractivity contribution in [3.05, 3.63) is 0 Å². The van der Waals surface area contributed by atoms with Gasteiger partial charge in [-0.1, -0.05) is 20.8 Å². The SMILES string of the molecule is CCOC(=O)CCN(CCOCCO)C(=O)C(C)(C)C. The average molecular weight is 289 g/mol. The molecule has 0 spiro atoms. The van der Waals surface area contributed by atoms with Gasteiger partial charge in [0.1, 0.15) is 0 Å². The second-order valence-corrected chi connectivity index (χ2v) is 5.43. The highest BCUT2D eigenvalue weighted by Crippen LogP contribution is 2.17. The highest BCUT2D eigenvalue weighted by atomic mass is 16.5. The number of carbonyl (C=O) groups is 2. The summed E-state index contributed by atoms with van der Waals surface area (Å²) in [4.78, 5) is 25.2. The van der Waals surface area contributed by atoms with E-state index in [-0.39, 0.29) is 31.5 Å². The summed E-state index contributed by atoms with van der Waals surface area (Å²) in [7, 11) is 0. The van der Waals surface area contributed by atoms with Crippen molar-refractivity contribution in [3.63, 3.8) is 0 Å². The molecule has 0 heterocycles. The number of carbonyl (C=O) groups excluding carboxylic acids is 2. The van der Waals surface area contributed by atoms with Crippen LogP contribution in [-0.2, 0) is 19.1 Å². The van der Waals surface area contributed by atoms with Gasteiger partial charge in [-0.2, -0.15) is 0 Å². The van der Waals surface area contributed by atoms with E-state index in [9.17, 15) is 9.59 Å². The van der Waals surface area contributed by atoms with Crippen LogP contribution in [0.25, 0.3) is 0 Å². The normalized spacial score (nSPS) is 11.2. The smallest absolute Gasteiger partial charge is 0.307 e. The third-order valence-electron chi connectivity index (χ3n) is 2.56. The zero-order valence-corrected chi connectivity index (χ0v) is 13.0. The first-order valence-electron chi connectivity index (χ1n) is 6.96. The minimum absolute atomic E-state index is 0.0330. The van der Waals surface area contributed by atoms with Crippen LogP contribution in [0.4, 0.5) is 0 Å². The fourth-order valence-corrected chi connectivity index (χ4v) is 1.59. The zero-order valence-electron chi connectivity index (χ0n) is 13.0. The van der Waals surface area contributed by atoms with Crippen molar-refractivity contribution >= 4 is 11.9 Å². The van der Waals surface area contributed by atoms with E-state index in [4.69, 9.17) is 14.6 Å². The van der Waals surface area contributed by atoms with Crippen molar-refractivity contribution in [1.82, 2.24) is 4.90 Å². The number of aliphatic hydroxyl groups is 1. The summed E-state index contributed by atoms with van der Waals surface area (Å²) in [6.07, 6.45) is 0.176. The number of amides is 1. The van der Waals surface area contributed by atoms with Gasteiger partial charge in [0.05, 0.1) is 32.8 Å². The molecule has 118 valence electrons. The second-order valence-electron chi connectivity index (χ2n) is 5.43. The van der Waals surface area contributed by atoms with E-state index in [0.717, 1.165) is 0 Å². The van der Waals surface area contributed by atoms with E-state index in [1.807, 2.05) is 20.8 Å². The number of aliphatic hydroxyl groups excluding tert-OH is 1. The lowest BCUT2D eigenvalue weighted by atomic mass is 9.94. The molecule has 1 amide bonds. The molecule has 6 heteroatoms. The van der Waals surface area contributed by atoms with Gasteiger partial charge in [0.2, 0.25) is 5.91 Å². The number of ether oxygens (including phenoxy) is 2. The molecule has 0 aromatic rings. The van der Waals surface area contributed by atoms with Gasteiger partial charge in [-0.3, -0.25) is 9.59 Å². The Labute approximate surface area is 121 Å².